The summed E-state index contributed by atoms with van der Waals surface area (Å²) in [7, 11) is 0. The second-order valence-electron chi connectivity index (χ2n) is 4.08. The first-order valence-electron chi connectivity index (χ1n) is 4.83. The summed E-state index contributed by atoms with van der Waals surface area (Å²) in [5, 5.41) is 17.8. The summed E-state index contributed by atoms with van der Waals surface area (Å²) in [5.41, 5.74) is 0. The Kier molecular flexibility index (Phi) is 2.09. The summed E-state index contributed by atoms with van der Waals surface area (Å²) in [6.07, 6.45) is 1.71. The van der Waals surface area contributed by atoms with E-state index in [0.717, 1.165) is 12.8 Å². The number of hydrogen-bond acceptors (Lipinski definition) is 2. The van der Waals surface area contributed by atoms with Crippen molar-refractivity contribution >= 4 is 12.1 Å². The number of carbonyl (C=O) groups is 2. The van der Waals surface area contributed by atoms with Gasteiger partial charge in [-0.25, -0.2) is 4.79 Å². The van der Waals surface area contributed by atoms with Crippen LogP contribution in [0, 0.1) is 5.92 Å². The van der Waals surface area contributed by atoms with Gasteiger partial charge in [-0.05, 0) is 25.7 Å². The van der Waals surface area contributed by atoms with E-state index >= 15 is 0 Å². The number of piperidine rings is 1. The lowest BCUT2D eigenvalue weighted by Gasteiger charge is -2.35. The van der Waals surface area contributed by atoms with E-state index in [2.05, 4.69) is 0 Å². The zero-order valence-corrected chi connectivity index (χ0v) is 7.72. The Labute approximate surface area is 81.3 Å². The number of fused-ring (bicyclic) bond motifs is 2. The minimum absolute atomic E-state index is 0.0626. The maximum atomic E-state index is 10.9. The van der Waals surface area contributed by atoms with Crippen LogP contribution in [0.4, 0.5) is 4.79 Å². The number of aliphatic carboxylic acids is 1. The molecule has 14 heavy (non-hydrogen) atoms. The molecule has 0 aromatic rings. The normalized spacial score (nSPS) is 35.7. The van der Waals surface area contributed by atoms with Crippen LogP contribution in [0.2, 0.25) is 0 Å². The third kappa shape index (κ3) is 1.32. The van der Waals surface area contributed by atoms with Gasteiger partial charge in [0.2, 0.25) is 0 Å². The fraction of sp³-hybridized carbons (Fsp3) is 0.778. The van der Waals surface area contributed by atoms with Crippen LogP contribution in [0.3, 0.4) is 0 Å². The highest BCUT2D eigenvalue weighted by Gasteiger charge is 2.45. The van der Waals surface area contributed by atoms with Gasteiger partial charge in [-0.2, -0.15) is 0 Å². The molecule has 0 spiro atoms. The van der Waals surface area contributed by atoms with E-state index in [-0.39, 0.29) is 18.0 Å². The van der Waals surface area contributed by atoms with Crippen molar-refractivity contribution in [1.82, 2.24) is 4.90 Å². The van der Waals surface area contributed by atoms with Crippen LogP contribution in [0.1, 0.15) is 25.7 Å². The van der Waals surface area contributed by atoms with Crippen molar-refractivity contribution in [2.45, 2.75) is 37.8 Å². The van der Waals surface area contributed by atoms with Gasteiger partial charge < -0.3 is 15.1 Å². The van der Waals surface area contributed by atoms with Gasteiger partial charge in [0, 0.05) is 12.1 Å². The molecule has 0 aromatic carbocycles. The molecule has 5 heteroatoms. The average Bonchev–Trinajstić information content (AvgIpc) is 2.37. The van der Waals surface area contributed by atoms with E-state index in [0.29, 0.717) is 12.8 Å². The van der Waals surface area contributed by atoms with Gasteiger partial charge in [-0.15, -0.1) is 0 Å². The molecule has 0 saturated carbocycles. The molecular weight excluding hydrogens is 186 g/mol. The first-order valence-corrected chi connectivity index (χ1v) is 4.83. The number of hydrogen-bond donors (Lipinski definition) is 2. The molecule has 2 N–H and O–H groups in total. The first kappa shape index (κ1) is 9.30. The zero-order chi connectivity index (χ0) is 10.3. The van der Waals surface area contributed by atoms with Crippen molar-refractivity contribution in [1.29, 1.82) is 0 Å². The zero-order valence-electron chi connectivity index (χ0n) is 7.72. The molecule has 0 radical (unpaired) electrons. The minimum atomic E-state index is -0.902. The van der Waals surface area contributed by atoms with Crippen LogP contribution in [0.15, 0.2) is 0 Å². The van der Waals surface area contributed by atoms with Gasteiger partial charge in [-0.1, -0.05) is 0 Å². The molecule has 2 aliphatic rings. The van der Waals surface area contributed by atoms with Crippen molar-refractivity contribution in [3.8, 4) is 0 Å². The van der Waals surface area contributed by atoms with Crippen LogP contribution in [0.25, 0.3) is 0 Å². The van der Waals surface area contributed by atoms with Gasteiger partial charge in [0.1, 0.15) is 0 Å². The quantitative estimate of drug-likeness (QED) is 0.660. The first-order chi connectivity index (χ1) is 6.59. The topological polar surface area (TPSA) is 77.8 Å². The lowest BCUT2D eigenvalue weighted by molar-refractivity contribution is -0.144. The molecule has 3 atom stereocenters. The fourth-order valence-corrected chi connectivity index (χ4v) is 2.69. The van der Waals surface area contributed by atoms with Crippen LogP contribution < -0.4 is 0 Å². The second-order valence-corrected chi connectivity index (χ2v) is 4.08. The van der Waals surface area contributed by atoms with E-state index < -0.39 is 12.1 Å². The number of carboxylic acids is 1. The van der Waals surface area contributed by atoms with Crippen LogP contribution >= 0.6 is 0 Å². The smallest absolute Gasteiger partial charge is 0.407 e. The molecule has 2 aliphatic heterocycles. The van der Waals surface area contributed by atoms with Gasteiger partial charge in [-0.3, -0.25) is 4.79 Å². The lowest BCUT2D eigenvalue weighted by Crippen LogP contribution is -2.47. The molecule has 2 saturated heterocycles. The molecule has 1 amide bonds. The predicted octanol–water partition coefficient (Wildman–Crippen LogP) is 0.992. The molecule has 5 nitrogen and oxygen atoms in total. The molecule has 0 aromatic heterocycles. The summed E-state index contributed by atoms with van der Waals surface area (Å²) in [5.74, 6) is -1.13. The van der Waals surface area contributed by atoms with Gasteiger partial charge >= 0.3 is 12.1 Å². The Balaban J connectivity index is 2.12. The average molecular weight is 199 g/mol. The second kappa shape index (κ2) is 3.15. The van der Waals surface area contributed by atoms with E-state index in [1.807, 2.05) is 0 Å². The number of rotatable bonds is 1. The molecule has 2 heterocycles. The van der Waals surface area contributed by atoms with Crippen molar-refractivity contribution in [2.75, 3.05) is 0 Å². The Morgan fingerprint density at radius 3 is 1.93 bits per heavy atom. The van der Waals surface area contributed by atoms with Crippen molar-refractivity contribution < 1.29 is 19.8 Å². The Morgan fingerprint density at radius 1 is 1.07 bits per heavy atom. The summed E-state index contributed by atoms with van der Waals surface area (Å²) in [6, 6.07) is -0.125. The molecular formula is C9H13NO4. The Hall–Kier alpha value is -1.26. The number of nitrogens with zero attached hydrogens (tertiary/aromatic N) is 1. The van der Waals surface area contributed by atoms with Gasteiger partial charge in [0.25, 0.3) is 0 Å². The molecule has 2 rings (SSSR count). The Bertz CT molecular complexity index is 264. The molecule has 0 aliphatic carbocycles. The minimum Gasteiger partial charge on any atom is -0.481 e. The van der Waals surface area contributed by atoms with Crippen LogP contribution in [-0.2, 0) is 4.79 Å². The van der Waals surface area contributed by atoms with Gasteiger partial charge in [0.15, 0.2) is 0 Å². The van der Waals surface area contributed by atoms with Crippen molar-refractivity contribution in [3.63, 3.8) is 0 Å². The van der Waals surface area contributed by atoms with E-state index in [4.69, 9.17) is 10.2 Å². The maximum absolute atomic E-state index is 10.9. The largest absolute Gasteiger partial charge is 0.481 e. The highest BCUT2D eigenvalue weighted by Crippen LogP contribution is 2.38. The summed E-state index contributed by atoms with van der Waals surface area (Å²) >= 11 is 0. The predicted molar refractivity (Wildman–Crippen MR) is 47.0 cm³/mol. The lowest BCUT2D eigenvalue weighted by atomic mass is 9.91. The number of amides is 1. The van der Waals surface area contributed by atoms with E-state index in [1.54, 1.807) is 0 Å². The third-order valence-corrected chi connectivity index (χ3v) is 3.30. The highest BCUT2D eigenvalue weighted by molar-refractivity contribution is 5.72. The van der Waals surface area contributed by atoms with Crippen LogP contribution in [0.5, 0.6) is 0 Å². The molecule has 2 bridgehead atoms. The van der Waals surface area contributed by atoms with Crippen molar-refractivity contribution in [3.05, 3.63) is 0 Å². The molecule has 78 valence electrons. The number of carboxylic acid groups (broad SMARTS) is 2. The summed E-state index contributed by atoms with van der Waals surface area (Å²) in [4.78, 5) is 23.1. The maximum Gasteiger partial charge on any atom is 0.407 e. The van der Waals surface area contributed by atoms with Crippen LogP contribution in [-0.4, -0.2) is 39.3 Å². The highest BCUT2D eigenvalue weighted by atomic mass is 16.4. The summed E-state index contributed by atoms with van der Waals surface area (Å²) in [6.45, 7) is 0. The van der Waals surface area contributed by atoms with Crippen molar-refractivity contribution in [2.24, 2.45) is 5.92 Å². The third-order valence-electron chi connectivity index (χ3n) is 3.30. The van der Waals surface area contributed by atoms with Gasteiger partial charge in [0.05, 0.1) is 5.92 Å². The van der Waals surface area contributed by atoms with E-state index in [1.165, 1.54) is 4.90 Å². The monoisotopic (exact) mass is 199 g/mol. The molecule has 1 unspecified atom stereocenters. The SMILES string of the molecule is O=C(O)C1C[C@H]2CC[C@@H](C1)N2C(=O)O. The standard InChI is InChI=1S/C9H13NO4/c11-8(12)5-3-6-1-2-7(4-5)10(6)9(13)14/h5-7H,1-4H2,(H,11,12)(H,13,14)/t5?,6-,7+. The summed E-state index contributed by atoms with van der Waals surface area (Å²) < 4.78 is 0. The Morgan fingerprint density at radius 2 is 1.57 bits per heavy atom. The fourth-order valence-electron chi connectivity index (χ4n) is 2.69. The molecule has 2 fully saturated rings. The van der Waals surface area contributed by atoms with E-state index in [9.17, 15) is 9.59 Å².